The minimum absolute atomic E-state index is 0.365. The number of imidazole rings is 1. The van der Waals surface area contributed by atoms with Crippen molar-refractivity contribution in [2.75, 3.05) is 18.6 Å². The summed E-state index contributed by atoms with van der Waals surface area (Å²) >= 11 is 0. The normalized spacial score (nSPS) is 16.5. The molecule has 2 aromatic carbocycles. The van der Waals surface area contributed by atoms with E-state index in [9.17, 15) is 0 Å². The fourth-order valence-electron chi connectivity index (χ4n) is 5.04. The van der Waals surface area contributed by atoms with E-state index < -0.39 is 0 Å². The third-order valence-electron chi connectivity index (χ3n) is 6.74. The fourth-order valence-corrected chi connectivity index (χ4v) is 5.04. The Balaban J connectivity index is 1.38. The van der Waals surface area contributed by atoms with E-state index in [2.05, 4.69) is 68.1 Å². The Bertz CT molecular complexity index is 1270. The number of fused-ring (bicyclic) bond motifs is 1. The van der Waals surface area contributed by atoms with Gasteiger partial charge in [0.05, 0.1) is 30.9 Å². The Hall–Kier alpha value is -3.61. The number of hydrogen-bond donors (Lipinski definition) is 0. The van der Waals surface area contributed by atoms with Crippen LogP contribution in [-0.2, 0) is 6.54 Å². The van der Waals surface area contributed by atoms with Gasteiger partial charge in [0, 0.05) is 24.8 Å². The molecule has 1 fully saturated rings. The van der Waals surface area contributed by atoms with Crippen LogP contribution in [0.25, 0.3) is 17.1 Å². The standard InChI is InChI=1S/C26H28N6O/c1-18-16-30(17-27-18)22-12-11-21(15-23(22)33-2)25-28-29-26-31(13-6-14-32(25)26)24(20-9-10-20)19-7-4-3-5-8-19/h3-5,7-8,11-12,15-17,20,24H,6,9-10,13-14H2,1-2H3. The Morgan fingerprint density at radius 1 is 1.03 bits per heavy atom. The molecule has 1 aliphatic carbocycles. The van der Waals surface area contributed by atoms with Gasteiger partial charge in [0.15, 0.2) is 5.82 Å². The molecule has 0 spiro atoms. The summed E-state index contributed by atoms with van der Waals surface area (Å²) in [5.41, 5.74) is 4.31. The van der Waals surface area contributed by atoms with E-state index in [-0.39, 0.29) is 0 Å². The van der Waals surface area contributed by atoms with Gasteiger partial charge in [0.2, 0.25) is 5.95 Å². The summed E-state index contributed by atoms with van der Waals surface area (Å²) in [4.78, 5) is 6.82. The molecule has 1 aliphatic heterocycles. The predicted molar refractivity (Wildman–Crippen MR) is 128 cm³/mol. The van der Waals surface area contributed by atoms with Crippen LogP contribution in [0, 0.1) is 12.8 Å². The van der Waals surface area contributed by atoms with Crippen LogP contribution in [-0.4, -0.2) is 38.0 Å². The van der Waals surface area contributed by atoms with E-state index in [1.165, 1.54) is 18.4 Å². The van der Waals surface area contributed by atoms with Crippen molar-refractivity contribution in [2.24, 2.45) is 5.92 Å². The summed E-state index contributed by atoms with van der Waals surface area (Å²) in [5.74, 6) is 3.35. The molecule has 1 atom stereocenters. The molecule has 1 unspecified atom stereocenters. The van der Waals surface area contributed by atoms with E-state index >= 15 is 0 Å². The monoisotopic (exact) mass is 440 g/mol. The molecule has 1 saturated carbocycles. The molecule has 2 aromatic heterocycles. The third kappa shape index (κ3) is 3.57. The number of benzene rings is 2. The highest BCUT2D eigenvalue weighted by atomic mass is 16.5. The summed E-state index contributed by atoms with van der Waals surface area (Å²) in [7, 11) is 1.70. The average Bonchev–Trinajstić information content (AvgIpc) is 3.43. The highest BCUT2D eigenvalue weighted by Crippen LogP contribution is 2.47. The Morgan fingerprint density at radius 2 is 1.88 bits per heavy atom. The highest BCUT2D eigenvalue weighted by Gasteiger charge is 2.39. The van der Waals surface area contributed by atoms with Crippen LogP contribution in [0.1, 0.15) is 36.6 Å². The summed E-state index contributed by atoms with van der Waals surface area (Å²) in [6.07, 6.45) is 7.45. The second kappa shape index (κ2) is 8.06. The Kier molecular flexibility index (Phi) is 4.89. The van der Waals surface area contributed by atoms with Crippen molar-refractivity contribution < 1.29 is 4.74 Å². The van der Waals surface area contributed by atoms with E-state index in [1.54, 1.807) is 7.11 Å². The van der Waals surface area contributed by atoms with Gasteiger partial charge in [0.25, 0.3) is 0 Å². The number of nitrogens with zero attached hydrogens (tertiary/aromatic N) is 6. The van der Waals surface area contributed by atoms with Crippen molar-refractivity contribution in [1.82, 2.24) is 24.3 Å². The summed E-state index contributed by atoms with van der Waals surface area (Å²) < 4.78 is 9.99. The first kappa shape index (κ1) is 20.0. The SMILES string of the molecule is COc1cc(-c2nnc3n2CCCN3C(c2ccccc2)C2CC2)ccc1-n1cnc(C)c1. The number of rotatable bonds is 6. The maximum absolute atomic E-state index is 5.73. The minimum atomic E-state index is 0.365. The molecular formula is C26H28N6O. The molecule has 168 valence electrons. The molecule has 7 heteroatoms. The molecule has 0 bridgehead atoms. The van der Waals surface area contributed by atoms with E-state index in [0.29, 0.717) is 12.0 Å². The molecule has 0 N–H and O–H groups in total. The van der Waals surface area contributed by atoms with Crippen molar-refractivity contribution in [3.8, 4) is 22.8 Å². The van der Waals surface area contributed by atoms with Crippen molar-refractivity contribution in [3.63, 3.8) is 0 Å². The first-order valence-electron chi connectivity index (χ1n) is 11.7. The zero-order valence-electron chi connectivity index (χ0n) is 19.1. The van der Waals surface area contributed by atoms with E-state index in [4.69, 9.17) is 9.84 Å². The van der Waals surface area contributed by atoms with Gasteiger partial charge in [-0.15, -0.1) is 10.2 Å². The maximum Gasteiger partial charge on any atom is 0.228 e. The second-order valence-corrected chi connectivity index (χ2v) is 9.02. The molecule has 33 heavy (non-hydrogen) atoms. The van der Waals surface area contributed by atoms with Gasteiger partial charge in [-0.2, -0.15) is 0 Å². The van der Waals surface area contributed by atoms with Gasteiger partial charge in [-0.3, -0.25) is 4.57 Å². The lowest BCUT2D eigenvalue weighted by atomic mass is 10.00. The summed E-state index contributed by atoms with van der Waals surface area (Å²) in [6, 6.07) is 17.4. The summed E-state index contributed by atoms with van der Waals surface area (Å²) in [6.45, 7) is 3.91. The Labute approximate surface area is 193 Å². The van der Waals surface area contributed by atoms with Gasteiger partial charge in [-0.25, -0.2) is 4.98 Å². The highest BCUT2D eigenvalue weighted by molar-refractivity contribution is 5.65. The quantitative estimate of drug-likeness (QED) is 0.431. The van der Waals surface area contributed by atoms with Crippen molar-refractivity contribution in [3.05, 3.63) is 72.3 Å². The average molecular weight is 441 g/mol. The van der Waals surface area contributed by atoms with Crippen LogP contribution >= 0.6 is 0 Å². The molecule has 7 nitrogen and oxygen atoms in total. The molecule has 0 saturated heterocycles. The lowest BCUT2D eigenvalue weighted by Gasteiger charge is -2.36. The number of ether oxygens (including phenoxy) is 1. The van der Waals surface area contributed by atoms with Crippen LogP contribution < -0.4 is 9.64 Å². The van der Waals surface area contributed by atoms with E-state index in [0.717, 1.165) is 54.0 Å². The molecule has 3 heterocycles. The third-order valence-corrected chi connectivity index (χ3v) is 6.74. The topological polar surface area (TPSA) is 61.0 Å². The molecular weight excluding hydrogens is 412 g/mol. The zero-order valence-corrected chi connectivity index (χ0v) is 19.1. The zero-order chi connectivity index (χ0) is 22.4. The van der Waals surface area contributed by atoms with Gasteiger partial charge in [-0.1, -0.05) is 30.3 Å². The molecule has 4 aromatic rings. The van der Waals surface area contributed by atoms with Crippen molar-refractivity contribution in [2.45, 2.75) is 38.8 Å². The number of anilines is 1. The van der Waals surface area contributed by atoms with Crippen molar-refractivity contribution in [1.29, 1.82) is 0 Å². The lowest BCUT2D eigenvalue weighted by molar-refractivity contribution is 0.413. The van der Waals surface area contributed by atoms with Crippen molar-refractivity contribution >= 4 is 5.95 Å². The number of aromatic nitrogens is 5. The van der Waals surface area contributed by atoms with Gasteiger partial charge < -0.3 is 14.2 Å². The lowest BCUT2D eigenvalue weighted by Crippen LogP contribution is -2.37. The first-order chi connectivity index (χ1) is 16.2. The predicted octanol–water partition coefficient (Wildman–Crippen LogP) is 4.81. The van der Waals surface area contributed by atoms with Crippen LogP contribution in [0.2, 0.25) is 0 Å². The maximum atomic E-state index is 5.73. The molecule has 0 amide bonds. The van der Waals surface area contributed by atoms with Gasteiger partial charge >= 0.3 is 0 Å². The van der Waals surface area contributed by atoms with Crippen LogP contribution in [0.5, 0.6) is 5.75 Å². The van der Waals surface area contributed by atoms with Gasteiger partial charge in [0.1, 0.15) is 5.75 Å². The minimum Gasteiger partial charge on any atom is -0.495 e. The first-order valence-corrected chi connectivity index (χ1v) is 11.7. The smallest absolute Gasteiger partial charge is 0.228 e. The van der Waals surface area contributed by atoms with E-state index in [1.807, 2.05) is 24.0 Å². The number of aryl methyl sites for hydroxylation is 1. The van der Waals surface area contributed by atoms with Crippen LogP contribution in [0.3, 0.4) is 0 Å². The molecule has 2 aliphatic rings. The Morgan fingerprint density at radius 3 is 2.61 bits per heavy atom. The molecule has 0 radical (unpaired) electrons. The van der Waals surface area contributed by atoms with Crippen LogP contribution in [0.4, 0.5) is 5.95 Å². The second-order valence-electron chi connectivity index (χ2n) is 9.02. The summed E-state index contributed by atoms with van der Waals surface area (Å²) in [5, 5.41) is 9.35. The van der Waals surface area contributed by atoms with Gasteiger partial charge in [-0.05, 0) is 55.9 Å². The van der Waals surface area contributed by atoms with Crippen LogP contribution in [0.15, 0.2) is 61.1 Å². The fraction of sp³-hybridized carbons (Fsp3) is 0.346. The number of methoxy groups -OCH3 is 1. The largest absolute Gasteiger partial charge is 0.495 e. The number of hydrogen-bond acceptors (Lipinski definition) is 5. The molecule has 6 rings (SSSR count).